The van der Waals surface area contributed by atoms with E-state index < -0.39 is 0 Å². The summed E-state index contributed by atoms with van der Waals surface area (Å²) in [6.45, 7) is 2.01. The van der Waals surface area contributed by atoms with Crippen LogP contribution in [0.25, 0.3) is 0 Å². The highest BCUT2D eigenvalue weighted by Gasteiger charge is 2.16. The molecular formula is C14H19N3O2. The predicted molar refractivity (Wildman–Crippen MR) is 74.6 cm³/mol. The number of anilines is 1. The number of benzene rings is 1. The minimum atomic E-state index is -0.0752. The summed E-state index contributed by atoms with van der Waals surface area (Å²) in [5.41, 5.74) is 7.36. The Bertz CT molecular complexity index is 499. The topological polar surface area (TPSA) is 88.2 Å². The summed E-state index contributed by atoms with van der Waals surface area (Å²) >= 11 is 0. The molecule has 0 radical (unpaired) electrons. The van der Waals surface area contributed by atoms with Crippen LogP contribution in [0.3, 0.4) is 0 Å². The predicted octanol–water partition coefficient (Wildman–Crippen LogP) is 2.05. The number of carbonyl (C=O) groups excluding carboxylic acids is 1. The van der Waals surface area contributed by atoms with E-state index in [-0.39, 0.29) is 17.8 Å². The van der Waals surface area contributed by atoms with Crippen LogP contribution in [0.15, 0.2) is 18.2 Å². The van der Waals surface area contributed by atoms with Gasteiger partial charge in [0.25, 0.3) is 0 Å². The minimum absolute atomic E-state index is 0.0594. The van der Waals surface area contributed by atoms with Crippen molar-refractivity contribution in [2.75, 3.05) is 5.32 Å². The quantitative estimate of drug-likeness (QED) is 0.560. The summed E-state index contributed by atoms with van der Waals surface area (Å²) in [5.74, 6) is 0.962. The van der Waals surface area contributed by atoms with Crippen LogP contribution in [0.4, 0.5) is 5.69 Å². The number of carbonyl (C=O) groups is 1. The number of rotatable bonds is 5. The van der Waals surface area contributed by atoms with Gasteiger partial charge in [-0.15, -0.1) is 0 Å². The third-order valence-corrected chi connectivity index (χ3v) is 3.18. The summed E-state index contributed by atoms with van der Waals surface area (Å²) in [7, 11) is 0. The molecule has 5 nitrogen and oxygen atoms in total. The van der Waals surface area contributed by atoms with Crippen molar-refractivity contribution in [3.8, 4) is 5.75 Å². The first-order chi connectivity index (χ1) is 9.08. The van der Waals surface area contributed by atoms with Crippen molar-refractivity contribution in [2.24, 2.45) is 5.73 Å². The van der Waals surface area contributed by atoms with Crippen molar-refractivity contribution in [1.29, 1.82) is 5.41 Å². The number of nitrogens with two attached hydrogens (primary N) is 1. The lowest BCUT2D eigenvalue weighted by Crippen LogP contribution is -2.24. The van der Waals surface area contributed by atoms with E-state index in [1.165, 1.54) is 0 Å². The van der Waals surface area contributed by atoms with Gasteiger partial charge in [-0.2, -0.15) is 0 Å². The summed E-state index contributed by atoms with van der Waals surface area (Å²) in [4.78, 5) is 11.3. The molecule has 2 rings (SSSR count). The van der Waals surface area contributed by atoms with Gasteiger partial charge in [-0.25, -0.2) is 0 Å². The number of amidine groups is 1. The van der Waals surface area contributed by atoms with E-state index in [9.17, 15) is 4.79 Å². The summed E-state index contributed by atoms with van der Waals surface area (Å²) in [5, 5.41) is 10.2. The molecule has 5 heteroatoms. The van der Waals surface area contributed by atoms with Gasteiger partial charge in [0.05, 0.1) is 5.84 Å². The Morgan fingerprint density at radius 2 is 2.32 bits per heavy atom. The van der Waals surface area contributed by atoms with Crippen LogP contribution < -0.4 is 15.8 Å². The number of hydrogen-bond donors (Lipinski definition) is 3. The maximum absolute atomic E-state index is 11.3. The summed E-state index contributed by atoms with van der Waals surface area (Å²) < 4.78 is 5.83. The Kier molecular flexibility index (Phi) is 4.04. The lowest BCUT2D eigenvalue weighted by Gasteiger charge is -2.20. The van der Waals surface area contributed by atoms with Gasteiger partial charge in [-0.05, 0) is 36.6 Å². The molecule has 1 amide bonds. The fourth-order valence-corrected chi connectivity index (χ4v) is 2.14. The first-order valence-corrected chi connectivity index (χ1v) is 6.50. The summed E-state index contributed by atoms with van der Waals surface area (Å²) in [6, 6.07) is 5.66. The van der Waals surface area contributed by atoms with E-state index in [1.807, 2.05) is 25.1 Å². The molecule has 0 fully saturated rings. The van der Waals surface area contributed by atoms with E-state index in [4.69, 9.17) is 15.9 Å². The average Bonchev–Trinajstić information content (AvgIpc) is 2.37. The molecule has 1 aliphatic heterocycles. The Balaban J connectivity index is 2.09. The first kappa shape index (κ1) is 13.4. The van der Waals surface area contributed by atoms with Crippen molar-refractivity contribution in [3.05, 3.63) is 23.8 Å². The second-order valence-corrected chi connectivity index (χ2v) is 4.74. The lowest BCUT2D eigenvalue weighted by molar-refractivity contribution is -0.116. The smallest absolute Gasteiger partial charge is 0.224 e. The van der Waals surface area contributed by atoms with Gasteiger partial charge in [-0.1, -0.05) is 6.92 Å². The number of fused-ring (bicyclic) bond motifs is 1. The fraction of sp³-hybridized carbons (Fsp3) is 0.429. The maximum Gasteiger partial charge on any atom is 0.224 e. The molecule has 0 aliphatic carbocycles. The van der Waals surface area contributed by atoms with E-state index in [1.54, 1.807) is 0 Å². The monoisotopic (exact) mass is 261 g/mol. The Hall–Kier alpha value is -2.04. The highest BCUT2D eigenvalue weighted by atomic mass is 16.5. The number of hydrogen-bond acceptors (Lipinski definition) is 3. The summed E-state index contributed by atoms with van der Waals surface area (Å²) in [6.07, 6.45) is 2.41. The maximum atomic E-state index is 11.3. The van der Waals surface area contributed by atoms with Crippen LogP contribution in [0.1, 0.15) is 31.7 Å². The number of ether oxygens (including phenoxy) is 1. The van der Waals surface area contributed by atoms with Crippen LogP contribution in [-0.2, 0) is 11.2 Å². The van der Waals surface area contributed by atoms with Gasteiger partial charge < -0.3 is 15.8 Å². The molecule has 0 saturated heterocycles. The molecule has 0 spiro atoms. The largest absolute Gasteiger partial charge is 0.490 e. The molecule has 0 aromatic heterocycles. The molecule has 1 aromatic rings. The van der Waals surface area contributed by atoms with Gasteiger partial charge >= 0.3 is 0 Å². The van der Waals surface area contributed by atoms with Crippen LogP contribution in [0, 0.1) is 5.41 Å². The number of aryl methyl sites for hydroxylation is 1. The highest BCUT2D eigenvalue weighted by molar-refractivity contribution is 5.94. The third-order valence-electron chi connectivity index (χ3n) is 3.18. The van der Waals surface area contributed by atoms with Gasteiger partial charge in [0.2, 0.25) is 5.91 Å². The SMILES string of the molecule is CCC(CC(=N)N)Oc1ccc2c(c1)CCC(=O)N2. The molecule has 0 bridgehead atoms. The van der Waals surface area contributed by atoms with Crippen molar-refractivity contribution < 1.29 is 9.53 Å². The Morgan fingerprint density at radius 3 is 3.00 bits per heavy atom. The van der Waals surface area contributed by atoms with Crippen LogP contribution >= 0.6 is 0 Å². The van der Waals surface area contributed by atoms with Gasteiger partial charge in [0, 0.05) is 18.5 Å². The molecule has 4 N–H and O–H groups in total. The zero-order chi connectivity index (χ0) is 13.8. The fourth-order valence-electron chi connectivity index (χ4n) is 2.14. The second kappa shape index (κ2) is 5.73. The molecule has 1 aliphatic rings. The Labute approximate surface area is 112 Å². The van der Waals surface area contributed by atoms with Crippen LogP contribution in [0.5, 0.6) is 5.75 Å². The van der Waals surface area contributed by atoms with E-state index >= 15 is 0 Å². The zero-order valence-corrected chi connectivity index (χ0v) is 11.0. The highest BCUT2D eigenvalue weighted by Crippen LogP contribution is 2.27. The van der Waals surface area contributed by atoms with E-state index in [0.717, 1.165) is 29.8 Å². The second-order valence-electron chi connectivity index (χ2n) is 4.74. The molecule has 1 atom stereocenters. The molecule has 19 heavy (non-hydrogen) atoms. The van der Waals surface area contributed by atoms with Crippen molar-refractivity contribution >= 4 is 17.4 Å². The van der Waals surface area contributed by atoms with Gasteiger partial charge in [0.1, 0.15) is 11.9 Å². The minimum Gasteiger partial charge on any atom is -0.490 e. The van der Waals surface area contributed by atoms with E-state index in [0.29, 0.717) is 12.8 Å². The molecule has 1 heterocycles. The standard InChI is InChI=1S/C14H19N3O2/c1-2-10(8-13(15)16)19-11-4-5-12-9(7-11)3-6-14(18)17-12/h4-5,7,10H,2-3,6,8H2,1H3,(H3,15,16)(H,17,18). The van der Waals surface area contributed by atoms with Crippen molar-refractivity contribution in [3.63, 3.8) is 0 Å². The molecule has 102 valence electrons. The van der Waals surface area contributed by atoms with E-state index in [2.05, 4.69) is 5.32 Å². The van der Waals surface area contributed by atoms with Crippen LogP contribution in [-0.4, -0.2) is 17.8 Å². The van der Waals surface area contributed by atoms with Gasteiger partial charge in [0.15, 0.2) is 0 Å². The molecule has 0 saturated carbocycles. The van der Waals surface area contributed by atoms with Crippen LogP contribution in [0.2, 0.25) is 0 Å². The normalized spacial score (nSPS) is 15.3. The number of nitrogens with one attached hydrogen (secondary N) is 2. The zero-order valence-electron chi connectivity index (χ0n) is 11.0. The van der Waals surface area contributed by atoms with Crippen molar-refractivity contribution in [2.45, 2.75) is 38.7 Å². The van der Waals surface area contributed by atoms with Gasteiger partial charge in [-0.3, -0.25) is 10.2 Å². The first-order valence-electron chi connectivity index (χ1n) is 6.50. The van der Waals surface area contributed by atoms with Crippen molar-refractivity contribution in [1.82, 2.24) is 0 Å². The average molecular weight is 261 g/mol. The third kappa shape index (κ3) is 3.47. The lowest BCUT2D eigenvalue weighted by atomic mass is 10.0. The number of amides is 1. The molecule has 1 unspecified atom stereocenters. The molecular weight excluding hydrogens is 242 g/mol. The Morgan fingerprint density at radius 1 is 1.53 bits per heavy atom. The molecule has 1 aromatic carbocycles.